The number of hydrogen-bond acceptors (Lipinski definition) is 7. The van der Waals surface area contributed by atoms with Gasteiger partial charge in [-0.2, -0.15) is 0 Å². The highest BCUT2D eigenvalue weighted by Gasteiger charge is 2.65. The normalized spacial score (nSPS) is 24.5. The fourth-order valence-corrected chi connectivity index (χ4v) is 3.41. The van der Waals surface area contributed by atoms with Crippen molar-refractivity contribution in [2.45, 2.75) is 51.3 Å². The molecular weight excluding hydrogens is 414 g/mol. The lowest BCUT2D eigenvalue weighted by atomic mass is 10.1. The van der Waals surface area contributed by atoms with E-state index in [-0.39, 0.29) is 19.8 Å². The minimum Gasteiger partial charge on any atom is -0.453 e. The maximum Gasteiger partial charge on any atom is 0.393 e. The number of carbonyl (C=O) groups excluding carboxylic acids is 2. The van der Waals surface area contributed by atoms with Gasteiger partial charge in [0.15, 0.2) is 6.61 Å². The van der Waals surface area contributed by atoms with Crippen molar-refractivity contribution >= 4 is 11.9 Å². The van der Waals surface area contributed by atoms with Crippen LogP contribution in [0.3, 0.4) is 0 Å². The van der Waals surface area contributed by atoms with Gasteiger partial charge in [0, 0.05) is 13.8 Å². The molecule has 0 amide bonds. The van der Waals surface area contributed by atoms with Crippen LogP contribution in [-0.2, 0) is 46.5 Å². The van der Waals surface area contributed by atoms with E-state index in [0.717, 1.165) is 11.1 Å². The van der Waals surface area contributed by atoms with E-state index in [9.17, 15) is 9.59 Å². The number of rotatable bonds is 9. The Bertz CT molecular complexity index is 944. The third kappa shape index (κ3) is 5.92. The van der Waals surface area contributed by atoms with Gasteiger partial charge >= 0.3 is 17.7 Å². The van der Waals surface area contributed by atoms with E-state index in [1.54, 1.807) is 0 Å². The SMILES string of the molecule is [C-]#[N+][C@]1(COCc2ccccc2)O[C@@H](OC(C)=O)[C@H](OC(C)=O)[C@@H]1OCc1ccccc1. The average molecular weight is 439 g/mol. The number of esters is 2. The first kappa shape index (κ1) is 23.4. The number of ether oxygens (including phenoxy) is 5. The zero-order valence-electron chi connectivity index (χ0n) is 17.9. The summed E-state index contributed by atoms with van der Waals surface area (Å²) in [6.45, 7) is 10.5. The summed E-state index contributed by atoms with van der Waals surface area (Å²) < 4.78 is 28.3. The van der Waals surface area contributed by atoms with Gasteiger partial charge in [-0.05, 0) is 11.1 Å². The number of nitrogens with zero attached hydrogens (tertiary/aromatic N) is 1. The molecule has 1 aliphatic heterocycles. The van der Waals surface area contributed by atoms with Crippen LogP contribution in [-0.4, -0.2) is 42.8 Å². The molecule has 0 saturated carbocycles. The first-order valence-corrected chi connectivity index (χ1v) is 10.1. The van der Waals surface area contributed by atoms with E-state index in [4.69, 9.17) is 30.3 Å². The predicted octanol–water partition coefficient (Wildman–Crippen LogP) is 3.26. The number of hydrogen-bond donors (Lipinski definition) is 0. The van der Waals surface area contributed by atoms with Crippen LogP contribution in [0, 0.1) is 6.57 Å². The van der Waals surface area contributed by atoms with E-state index in [0.29, 0.717) is 0 Å². The van der Waals surface area contributed by atoms with Gasteiger partial charge in [-0.3, -0.25) is 19.2 Å². The van der Waals surface area contributed by atoms with Gasteiger partial charge in [0.1, 0.15) is 0 Å². The lowest BCUT2D eigenvalue weighted by molar-refractivity contribution is -0.204. The van der Waals surface area contributed by atoms with Crippen LogP contribution in [0.4, 0.5) is 0 Å². The minimum atomic E-state index is -1.68. The quantitative estimate of drug-likeness (QED) is 0.438. The summed E-state index contributed by atoms with van der Waals surface area (Å²) in [7, 11) is 0. The largest absolute Gasteiger partial charge is 0.453 e. The zero-order valence-corrected chi connectivity index (χ0v) is 17.9. The van der Waals surface area contributed by atoms with Gasteiger partial charge in [0.2, 0.25) is 12.2 Å². The first-order valence-electron chi connectivity index (χ1n) is 10.1. The van der Waals surface area contributed by atoms with Crippen molar-refractivity contribution in [1.82, 2.24) is 0 Å². The molecule has 0 spiro atoms. The van der Waals surface area contributed by atoms with Crippen molar-refractivity contribution < 1.29 is 33.3 Å². The molecule has 2 aromatic rings. The Hall–Kier alpha value is -3.25. The van der Waals surface area contributed by atoms with Crippen molar-refractivity contribution in [1.29, 1.82) is 0 Å². The van der Waals surface area contributed by atoms with Gasteiger partial charge in [-0.15, -0.1) is 0 Å². The van der Waals surface area contributed by atoms with E-state index < -0.39 is 36.2 Å². The highest BCUT2D eigenvalue weighted by Crippen LogP contribution is 2.38. The van der Waals surface area contributed by atoms with Crippen LogP contribution < -0.4 is 0 Å². The Morgan fingerprint density at radius 3 is 2.03 bits per heavy atom. The monoisotopic (exact) mass is 439 g/mol. The van der Waals surface area contributed by atoms with Gasteiger partial charge < -0.3 is 18.9 Å². The molecule has 1 aliphatic rings. The molecular formula is C24H25NO7. The molecule has 0 aromatic heterocycles. The first-order chi connectivity index (χ1) is 15.4. The van der Waals surface area contributed by atoms with Crippen LogP contribution >= 0.6 is 0 Å². The van der Waals surface area contributed by atoms with Crippen molar-refractivity contribution in [3.63, 3.8) is 0 Å². The molecule has 32 heavy (non-hydrogen) atoms. The Balaban J connectivity index is 1.84. The molecule has 0 radical (unpaired) electrons. The molecule has 0 N–H and O–H groups in total. The Morgan fingerprint density at radius 2 is 1.50 bits per heavy atom. The Morgan fingerprint density at radius 1 is 0.938 bits per heavy atom. The summed E-state index contributed by atoms with van der Waals surface area (Å²) in [4.78, 5) is 27.0. The number of benzene rings is 2. The maximum absolute atomic E-state index is 11.8. The molecule has 8 heteroatoms. The van der Waals surface area contributed by atoms with E-state index in [1.165, 1.54) is 13.8 Å². The average Bonchev–Trinajstić information content (AvgIpc) is 3.05. The predicted molar refractivity (Wildman–Crippen MR) is 113 cm³/mol. The van der Waals surface area contributed by atoms with Crippen LogP contribution in [0.15, 0.2) is 60.7 Å². The summed E-state index contributed by atoms with van der Waals surface area (Å²) in [6, 6.07) is 18.8. The van der Waals surface area contributed by atoms with Crippen molar-refractivity contribution in [2.24, 2.45) is 0 Å². The second kappa shape index (κ2) is 10.9. The molecule has 3 rings (SSSR count). The Kier molecular flexibility index (Phi) is 7.95. The summed E-state index contributed by atoms with van der Waals surface area (Å²) in [5.41, 5.74) is 0.0959. The van der Waals surface area contributed by atoms with Crippen molar-refractivity contribution in [3.05, 3.63) is 83.2 Å². The van der Waals surface area contributed by atoms with Gasteiger partial charge in [0.05, 0.1) is 13.2 Å². The molecule has 1 fully saturated rings. The molecule has 0 unspecified atom stereocenters. The second-order valence-corrected chi connectivity index (χ2v) is 7.32. The third-order valence-electron chi connectivity index (χ3n) is 4.80. The standard InChI is InChI=1S/C24H25NO7/c1-17(26)30-21-22(29-15-20-12-8-5-9-13-20)24(25-3,32-23(21)31-18(2)27)16-28-14-19-10-6-4-7-11-19/h4-13,21-23H,14-16H2,1-2H3/t21-,22+,23-,24-/m1/s1. The summed E-state index contributed by atoms with van der Waals surface area (Å²) in [5.74, 6) is -1.25. The molecule has 8 nitrogen and oxygen atoms in total. The van der Waals surface area contributed by atoms with Crippen LogP contribution in [0.5, 0.6) is 0 Å². The Labute approximate surface area is 186 Å². The fraction of sp³-hybridized carbons (Fsp3) is 0.375. The van der Waals surface area contributed by atoms with E-state index in [1.807, 2.05) is 60.7 Å². The van der Waals surface area contributed by atoms with Crippen molar-refractivity contribution in [2.75, 3.05) is 6.61 Å². The van der Waals surface area contributed by atoms with Gasteiger partial charge in [0.25, 0.3) is 6.29 Å². The van der Waals surface area contributed by atoms with E-state index in [2.05, 4.69) is 4.85 Å². The van der Waals surface area contributed by atoms with Crippen LogP contribution in [0.1, 0.15) is 25.0 Å². The molecule has 1 saturated heterocycles. The van der Waals surface area contributed by atoms with Gasteiger partial charge in [-0.25, -0.2) is 6.57 Å². The topological polar surface area (TPSA) is 84.6 Å². The van der Waals surface area contributed by atoms with Crippen LogP contribution in [0.2, 0.25) is 0 Å². The maximum atomic E-state index is 11.8. The lowest BCUT2D eigenvalue weighted by Crippen LogP contribution is -2.47. The third-order valence-corrected chi connectivity index (χ3v) is 4.80. The molecule has 0 aliphatic carbocycles. The molecule has 4 atom stereocenters. The minimum absolute atomic E-state index is 0.134. The van der Waals surface area contributed by atoms with Crippen LogP contribution in [0.25, 0.3) is 4.85 Å². The molecule has 2 aromatic carbocycles. The molecule has 168 valence electrons. The second-order valence-electron chi connectivity index (χ2n) is 7.32. The molecule has 1 heterocycles. The highest BCUT2D eigenvalue weighted by atomic mass is 16.8. The number of carbonyl (C=O) groups is 2. The van der Waals surface area contributed by atoms with Crippen molar-refractivity contribution in [3.8, 4) is 0 Å². The lowest BCUT2D eigenvalue weighted by Gasteiger charge is -2.24. The fourth-order valence-electron chi connectivity index (χ4n) is 3.41. The molecule has 0 bridgehead atoms. The van der Waals surface area contributed by atoms with E-state index >= 15 is 0 Å². The highest BCUT2D eigenvalue weighted by molar-refractivity contribution is 5.67. The summed E-state index contributed by atoms with van der Waals surface area (Å²) in [5, 5.41) is 0. The van der Waals surface area contributed by atoms with Gasteiger partial charge in [-0.1, -0.05) is 60.7 Å². The zero-order chi connectivity index (χ0) is 23.0. The smallest absolute Gasteiger partial charge is 0.393 e. The summed E-state index contributed by atoms with van der Waals surface area (Å²) >= 11 is 0. The summed E-state index contributed by atoms with van der Waals surface area (Å²) in [6.07, 6.45) is -3.48.